The molecule has 43 heavy (non-hydrogen) atoms. The molecule has 2 atom stereocenters. The van der Waals surface area contributed by atoms with Crippen molar-refractivity contribution in [2.24, 2.45) is 0 Å². The van der Waals surface area contributed by atoms with Crippen LogP contribution in [-0.4, -0.2) is 81.8 Å². The SMILES string of the molecule is COC(=O)CCCC(=O)N1CC[C@@H]2Oc3ccc(c(OC)c3)CNC(=O)CCc3ccc(OC)c(c3)OCC(=O)N[C@@H]2C1. The summed E-state index contributed by atoms with van der Waals surface area (Å²) in [5.74, 6) is 0.948. The lowest BCUT2D eigenvalue weighted by atomic mass is 10.0. The van der Waals surface area contributed by atoms with Gasteiger partial charge in [-0.05, 0) is 42.7 Å². The molecule has 12 heteroatoms. The topological polar surface area (TPSA) is 142 Å². The molecule has 3 amide bonds. The number of hydrogen-bond donors (Lipinski definition) is 2. The number of benzene rings is 2. The molecule has 4 bridgehead atoms. The van der Waals surface area contributed by atoms with Crippen molar-refractivity contribution in [3.8, 4) is 23.0 Å². The maximum atomic E-state index is 13.1. The number of carbonyl (C=O) groups is 4. The van der Waals surface area contributed by atoms with E-state index in [-0.39, 0.29) is 56.7 Å². The second-order valence-corrected chi connectivity index (χ2v) is 10.4. The molecule has 12 nitrogen and oxygen atoms in total. The summed E-state index contributed by atoms with van der Waals surface area (Å²) in [5, 5.41) is 5.92. The first-order chi connectivity index (χ1) is 20.8. The van der Waals surface area contributed by atoms with Crippen molar-refractivity contribution in [3.05, 3.63) is 47.5 Å². The van der Waals surface area contributed by atoms with Gasteiger partial charge in [-0.15, -0.1) is 0 Å². The van der Waals surface area contributed by atoms with Crippen molar-refractivity contribution in [1.82, 2.24) is 15.5 Å². The van der Waals surface area contributed by atoms with Gasteiger partial charge in [0.25, 0.3) is 5.91 Å². The minimum absolute atomic E-state index is 0.113. The maximum Gasteiger partial charge on any atom is 0.305 e. The lowest BCUT2D eigenvalue weighted by molar-refractivity contribution is -0.141. The molecule has 232 valence electrons. The maximum absolute atomic E-state index is 13.1. The fourth-order valence-corrected chi connectivity index (χ4v) is 5.12. The predicted molar refractivity (Wildman–Crippen MR) is 155 cm³/mol. The average molecular weight is 598 g/mol. The van der Waals surface area contributed by atoms with Gasteiger partial charge in [0.15, 0.2) is 18.1 Å². The number of methoxy groups -OCH3 is 3. The normalized spacial score (nSPS) is 19.2. The highest BCUT2D eigenvalue weighted by Gasteiger charge is 2.34. The zero-order valence-corrected chi connectivity index (χ0v) is 24.8. The molecule has 0 aliphatic carbocycles. The molecule has 1 saturated heterocycles. The van der Waals surface area contributed by atoms with Crippen LogP contribution < -0.4 is 29.6 Å². The number of ether oxygens (including phenoxy) is 5. The number of hydrogen-bond acceptors (Lipinski definition) is 9. The lowest BCUT2D eigenvalue weighted by Gasteiger charge is -2.39. The zero-order valence-electron chi connectivity index (χ0n) is 24.8. The van der Waals surface area contributed by atoms with Gasteiger partial charge in [0.1, 0.15) is 17.6 Å². The Bertz CT molecular complexity index is 1320. The van der Waals surface area contributed by atoms with Crippen molar-refractivity contribution in [2.45, 2.75) is 57.2 Å². The molecule has 0 spiro atoms. The van der Waals surface area contributed by atoms with Crippen LogP contribution in [0.4, 0.5) is 0 Å². The number of fused-ring (bicyclic) bond motifs is 9. The number of esters is 1. The molecule has 5 rings (SSSR count). The molecule has 2 aromatic carbocycles. The van der Waals surface area contributed by atoms with Crippen LogP contribution in [0.15, 0.2) is 36.4 Å². The molecule has 1 fully saturated rings. The Kier molecular flexibility index (Phi) is 11.1. The number of carbonyl (C=O) groups excluding carboxylic acids is 4. The molecule has 0 unspecified atom stereocenters. The van der Waals surface area contributed by atoms with Crippen LogP contribution in [0.2, 0.25) is 0 Å². The minimum atomic E-state index is -0.533. The van der Waals surface area contributed by atoms with E-state index in [1.807, 2.05) is 12.1 Å². The second kappa shape index (κ2) is 15.1. The van der Waals surface area contributed by atoms with Crippen molar-refractivity contribution in [2.75, 3.05) is 41.0 Å². The highest BCUT2D eigenvalue weighted by Crippen LogP contribution is 2.30. The minimum Gasteiger partial charge on any atom is -0.496 e. The summed E-state index contributed by atoms with van der Waals surface area (Å²) in [5.41, 5.74) is 1.65. The molecular formula is C31H39N3O9. The lowest BCUT2D eigenvalue weighted by Crippen LogP contribution is -2.58. The van der Waals surface area contributed by atoms with Gasteiger partial charge in [-0.25, -0.2) is 0 Å². The molecule has 0 saturated carbocycles. The Morgan fingerprint density at radius 1 is 0.977 bits per heavy atom. The Morgan fingerprint density at radius 2 is 1.79 bits per heavy atom. The number of rotatable bonds is 6. The number of nitrogens with zero attached hydrogens (tertiary/aromatic N) is 1. The average Bonchev–Trinajstić information content (AvgIpc) is 3.02. The van der Waals surface area contributed by atoms with Gasteiger partial charge in [-0.3, -0.25) is 19.2 Å². The molecular weight excluding hydrogens is 558 g/mol. The van der Waals surface area contributed by atoms with E-state index in [1.165, 1.54) is 14.2 Å². The van der Waals surface area contributed by atoms with E-state index < -0.39 is 18.1 Å². The van der Waals surface area contributed by atoms with E-state index in [4.69, 9.17) is 18.9 Å². The van der Waals surface area contributed by atoms with Crippen LogP contribution in [0.5, 0.6) is 23.0 Å². The number of likely N-dealkylation sites (tertiary alicyclic amines) is 1. The predicted octanol–water partition coefficient (Wildman–Crippen LogP) is 2.15. The van der Waals surface area contributed by atoms with E-state index in [0.717, 1.165) is 11.1 Å². The van der Waals surface area contributed by atoms with Crippen molar-refractivity contribution in [1.29, 1.82) is 0 Å². The van der Waals surface area contributed by atoms with Crippen molar-refractivity contribution >= 4 is 23.7 Å². The van der Waals surface area contributed by atoms with Crippen LogP contribution in [0.25, 0.3) is 0 Å². The van der Waals surface area contributed by atoms with Gasteiger partial charge in [-0.2, -0.15) is 0 Å². The fraction of sp³-hybridized carbons (Fsp3) is 0.484. The van der Waals surface area contributed by atoms with Crippen LogP contribution in [0.3, 0.4) is 0 Å². The summed E-state index contributed by atoms with van der Waals surface area (Å²) < 4.78 is 27.8. The molecule has 2 N–H and O–H groups in total. The summed E-state index contributed by atoms with van der Waals surface area (Å²) in [6, 6.07) is 10.2. The van der Waals surface area contributed by atoms with E-state index in [9.17, 15) is 19.2 Å². The third kappa shape index (κ3) is 8.76. The van der Waals surface area contributed by atoms with Crippen molar-refractivity contribution in [3.63, 3.8) is 0 Å². The standard InChI is InChI=1S/C31H39N3O9/c1-39-25-11-7-20-8-12-28(35)32-17-21-9-10-22(16-26(21)40-2)43-24-13-14-34(30(37)5-4-6-31(38)41-3)18-23(24)33-29(36)19-42-27(25)15-20/h7,9-11,15-16,23-24H,4-6,8,12-14,17-19H2,1-3H3,(H,32,35)(H,33,36)/t23-,24+/m1/s1. The van der Waals surface area contributed by atoms with Gasteiger partial charge in [0.05, 0.1) is 27.4 Å². The molecule has 0 radical (unpaired) electrons. The second-order valence-electron chi connectivity index (χ2n) is 10.4. The Hall–Kier alpha value is -4.48. The Balaban J connectivity index is 1.56. The number of nitrogens with one attached hydrogen (secondary N) is 2. The Morgan fingerprint density at radius 3 is 2.56 bits per heavy atom. The van der Waals surface area contributed by atoms with Crippen LogP contribution in [0.1, 0.15) is 43.2 Å². The van der Waals surface area contributed by atoms with Gasteiger partial charge in [0, 0.05) is 56.9 Å². The number of amides is 3. The monoisotopic (exact) mass is 597 g/mol. The van der Waals surface area contributed by atoms with Crippen molar-refractivity contribution < 1.29 is 42.9 Å². The Labute approximate surface area is 250 Å². The summed E-state index contributed by atoms with van der Waals surface area (Å²) in [6.45, 7) is 0.650. The quantitative estimate of drug-likeness (QED) is 0.479. The molecule has 2 aromatic rings. The summed E-state index contributed by atoms with van der Waals surface area (Å²) in [4.78, 5) is 51.8. The van der Waals surface area contributed by atoms with Crippen LogP contribution in [0, 0.1) is 0 Å². The van der Waals surface area contributed by atoms with Crippen LogP contribution >= 0.6 is 0 Å². The van der Waals surface area contributed by atoms with Gasteiger partial charge >= 0.3 is 5.97 Å². The zero-order chi connectivity index (χ0) is 30.8. The first kappa shape index (κ1) is 31.5. The highest BCUT2D eigenvalue weighted by atomic mass is 16.5. The first-order valence-electron chi connectivity index (χ1n) is 14.3. The smallest absolute Gasteiger partial charge is 0.305 e. The summed E-state index contributed by atoms with van der Waals surface area (Å²) in [7, 11) is 4.38. The fourth-order valence-electron chi connectivity index (χ4n) is 5.12. The third-order valence-electron chi connectivity index (χ3n) is 7.50. The molecule has 3 heterocycles. The molecule has 0 aromatic heterocycles. The highest BCUT2D eigenvalue weighted by molar-refractivity contribution is 5.79. The van der Waals surface area contributed by atoms with E-state index in [2.05, 4.69) is 15.4 Å². The molecule has 3 aliphatic rings. The molecule has 3 aliphatic heterocycles. The van der Waals surface area contributed by atoms with Gasteiger partial charge in [-0.1, -0.05) is 6.07 Å². The van der Waals surface area contributed by atoms with Crippen LogP contribution in [-0.2, 0) is 36.9 Å². The largest absolute Gasteiger partial charge is 0.496 e. The third-order valence-corrected chi connectivity index (χ3v) is 7.50. The van der Waals surface area contributed by atoms with E-state index in [0.29, 0.717) is 48.8 Å². The van der Waals surface area contributed by atoms with Gasteiger partial charge < -0.3 is 39.2 Å². The first-order valence-corrected chi connectivity index (χ1v) is 14.3. The number of aryl methyl sites for hydroxylation is 1. The van der Waals surface area contributed by atoms with E-state index in [1.54, 1.807) is 36.3 Å². The van der Waals surface area contributed by atoms with Gasteiger partial charge in [0.2, 0.25) is 11.8 Å². The van der Waals surface area contributed by atoms with E-state index >= 15 is 0 Å². The number of piperidine rings is 1. The summed E-state index contributed by atoms with van der Waals surface area (Å²) >= 11 is 0. The summed E-state index contributed by atoms with van der Waals surface area (Å²) in [6.07, 6.45) is 1.47.